The topological polar surface area (TPSA) is 36.9 Å². The van der Waals surface area contributed by atoms with Crippen molar-refractivity contribution in [1.82, 2.24) is 0 Å². The van der Waals surface area contributed by atoms with Crippen molar-refractivity contribution in [2.75, 3.05) is 46.2 Å². The van der Waals surface area contributed by atoms with Crippen molar-refractivity contribution in [1.29, 1.82) is 0 Å². The highest BCUT2D eigenvalue weighted by Gasteiger charge is 2.21. The molecular weight excluding hydrogens is 256 g/mol. The van der Waals surface area contributed by atoms with Crippen LogP contribution in [0.3, 0.4) is 0 Å². The molecular formula is C16H34O4. The molecule has 4 heteroatoms. The first kappa shape index (κ1) is 19.8. The third-order valence-corrected chi connectivity index (χ3v) is 3.33. The lowest BCUT2D eigenvalue weighted by molar-refractivity contribution is -0.0251. The van der Waals surface area contributed by atoms with Crippen LogP contribution in [0.4, 0.5) is 0 Å². The smallest absolute Gasteiger partial charge is 0.0626 e. The largest absolute Gasteiger partial charge is 0.382 e. The van der Waals surface area contributed by atoms with Gasteiger partial charge in [0.15, 0.2) is 0 Å². The van der Waals surface area contributed by atoms with Gasteiger partial charge in [0.25, 0.3) is 0 Å². The quantitative estimate of drug-likeness (QED) is 0.434. The summed E-state index contributed by atoms with van der Waals surface area (Å²) in [6.07, 6.45) is 3.24. The van der Waals surface area contributed by atoms with Crippen molar-refractivity contribution in [3.63, 3.8) is 0 Å². The molecule has 0 aromatic heterocycles. The van der Waals surface area contributed by atoms with Crippen LogP contribution in [0.1, 0.15) is 47.0 Å². The first-order chi connectivity index (χ1) is 9.79. The van der Waals surface area contributed by atoms with Crippen molar-refractivity contribution in [2.24, 2.45) is 5.92 Å². The number of rotatable bonds is 15. The minimum Gasteiger partial charge on any atom is -0.382 e. The molecule has 0 saturated heterocycles. The van der Waals surface area contributed by atoms with Gasteiger partial charge in [0.05, 0.1) is 6.10 Å². The number of hydrogen-bond donors (Lipinski definition) is 0. The molecule has 0 aliphatic heterocycles. The summed E-state index contributed by atoms with van der Waals surface area (Å²) >= 11 is 0. The zero-order chi connectivity index (χ0) is 15.1. The third kappa shape index (κ3) is 10.6. The minimum atomic E-state index is 0.243. The number of ether oxygens (including phenoxy) is 4. The highest BCUT2D eigenvalue weighted by molar-refractivity contribution is 4.71. The molecule has 0 aliphatic rings. The molecule has 122 valence electrons. The van der Waals surface area contributed by atoms with Gasteiger partial charge >= 0.3 is 0 Å². The third-order valence-electron chi connectivity index (χ3n) is 3.33. The van der Waals surface area contributed by atoms with Gasteiger partial charge in [-0.15, -0.1) is 0 Å². The van der Waals surface area contributed by atoms with Gasteiger partial charge in [0, 0.05) is 46.2 Å². The Morgan fingerprint density at radius 1 is 0.600 bits per heavy atom. The zero-order valence-corrected chi connectivity index (χ0v) is 13.9. The van der Waals surface area contributed by atoms with Crippen LogP contribution in [0.2, 0.25) is 0 Å². The van der Waals surface area contributed by atoms with Gasteiger partial charge in [-0.05, 0) is 52.9 Å². The molecule has 0 radical (unpaired) electrons. The summed E-state index contributed by atoms with van der Waals surface area (Å²) in [7, 11) is 0. The van der Waals surface area contributed by atoms with E-state index in [0.29, 0.717) is 5.92 Å². The second-order valence-corrected chi connectivity index (χ2v) is 4.71. The molecule has 0 heterocycles. The van der Waals surface area contributed by atoms with E-state index in [1.165, 1.54) is 0 Å². The van der Waals surface area contributed by atoms with Gasteiger partial charge in [0.1, 0.15) is 0 Å². The Bertz CT molecular complexity index is 177. The van der Waals surface area contributed by atoms with Crippen molar-refractivity contribution in [3.05, 3.63) is 0 Å². The second kappa shape index (κ2) is 15.2. The van der Waals surface area contributed by atoms with E-state index in [1.54, 1.807) is 0 Å². The molecule has 1 unspecified atom stereocenters. The van der Waals surface area contributed by atoms with Gasteiger partial charge in [0.2, 0.25) is 0 Å². The summed E-state index contributed by atoms with van der Waals surface area (Å²) in [6.45, 7) is 13.6. The van der Waals surface area contributed by atoms with E-state index in [-0.39, 0.29) is 6.10 Å². The Hall–Kier alpha value is -0.160. The fourth-order valence-electron chi connectivity index (χ4n) is 2.29. The summed E-state index contributed by atoms with van der Waals surface area (Å²) in [4.78, 5) is 0. The standard InChI is InChI=1S/C16H34O4/c1-5-17-12-9-15(10-13-18-6-2)16(20-8-4)11-14-19-7-3/h15-16H,5-14H2,1-4H3. The fraction of sp³-hybridized carbons (Fsp3) is 1.00. The normalized spacial score (nSPS) is 13.1. The van der Waals surface area contributed by atoms with Crippen LogP contribution in [0.5, 0.6) is 0 Å². The van der Waals surface area contributed by atoms with Gasteiger partial charge in [-0.2, -0.15) is 0 Å². The van der Waals surface area contributed by atoms with Crippen LogP contribution in [-0.4, -0.2) is 52.4 Å². The molecule has 0 aromatic rings. The summed E-state index contributed by atoms with van der Waals surface area (Å²) in [5.74, 6) is 0.480. The Morgan fingerprint density at radius 2 is 1.05 bits per heavy atom. The molecule has 1 atom stereocenters. The van der Waals surface area contributed by atoms with E-state index >= 15 is 0 Å². The predicted octanol–water partition coefficient (Wildman–Crippen LogP) is 3.29. The van der Waals surface area contributed by atoms with Crippen LogP contribution < -0.4 is 0 Å². The van der Waals surface area contributed by atoms with Crippen LogP contribution in [0, 0.1) is 5.92 Å². The molecule has 0 saturated carbocycles. The molecule has 0 bridgehead atoms. The zero-order valence-electron chi connectivity index (χ0n) is 13.9. The van der Waals surface area contributed by atoms with E-state index in [9.17, 15) is 0 Å². The van der Waals surface area contributed by atoms with Crippen LogP contribution in [0.25, 0.3) is 0 Å². The first-order valence-electron chi connectivity index (χ1n) is 8.14. The van der Waals surface area contributed by atoms with E-state index in [4.69, 9.17) is 18.9 Å². The highest BCUT2D eigenvalue weighted by Crippen LogP contribution is 2.20. The molecule has 20 heavy (non-hydrogen) atoms. The monoisotopic (exact) mass is 290 g/mol. The lowest BCUT2D eigenvalue weighted by Crippen LogP contribution is -2.28. The molecule has 0 amide bonds. The van der Waals surface area contributed by atoms with E-state index in [2.05, 4.69) is 6.92 Å². The molecule has 0 fully saturated rings. The number of hydrogen-bond acceptors (Lipinski definition) is 4. The van der Waals surface area contributed by atoms with Crippen LogP contribution >= 0.6 is 0 Å². The van der Waals surface area contributed by atoms with Gasteiger partial charge in [-0.3, -0.25) is 0 Å². The van der Waals surface area contributed by atoms with Crippen molar-refractivity contribution < 1.29 is 18.9 Å². The molecule has 0 aromatic carbocycles. The van der Waals surface area contributed by atoms with Crippen LogP contribution in [-0.2, 0) is 18.9 Å². The average Bonchev–Trinajstić information content (AvgIpc) is 2.45. The van der Waals surface area contributed by atoms with Crippen molar-refractivity contribution in [3.8, 4) is 0 Å². The summed E-state index contributed by atoms with van der Waals surface area (Å²) in [5.41, 5.74) is 0. The summed E-state index contributed by atoms with van der Waals surface area (Å²) in [5, 5.41) is 0. The van der Waals surface area contributed by atoms with Gasteiger partial charge < -0.3 is 18.9 Å². The summed E-state index contributed by atoms with van der Waals surface area (Å²) in [6, 6.07) is 0. The summed E-state index contributed by atoms with van der Waals surface area (Å²) < 4.78 is 22.4. The molecule has 0 aliphatic carbocycles. The Balaban J connectivity index is 4.27. The van der Waals surface area contributed by atoms with E-state index in [0.717, 1.165) is 65.5 Å². The molecule has 4 nitrogen and oxygen atoms in total. The lowest BCUT2D eigenvalue weighted by Gasteiger charge is -2.27. The van der Waals surface area contributed by atoms with Crippen molar-refractivity contribution in [2.45, 2.75) is 53.1 Å². The Labute approximate surface area is 125 Å². The Morgan fingerprint density at radius 3 is 1.45 bits per heavy atom. The molecule has 0 spiro atoms. The minimum absolute atomic E-state index is 0.243. The van der Waals surface area contributed by atoms with Crippen LogP contribution in [0.15, 0.2) is 0 Å². The molecule has 0 N–H and O–H groups in total. The van der Waals surface area contributed by atoms with E-state index < -0.39 is 0 Å². The first-order valence-corrected chi connectivity index (χ1v) is 8.14. The maximum absolute atomic E-state index is 5.92. The van der Waals surface area contributed by atoms with Gasteiger partial charge in [-0.25, -0.2) is 0 Å². The highest BCUT2D eigenvalue weighted by atomic mass is 16.5. The Kier molecular flexibility index (Phi) is 15.1. The van der Waals surface area contributed by atoms with Gasteiger partial charge in [-0.1, -0.05) is 0 Å². The second-order valence-electron chi connectivity index (χ2n) is 4.71. The average molecular weight is 290 g/mol. The van der Waals surface area contributed by atoms with E-state index in [1.807, 2.05) is 20.8 Å². The SMILES string of the molecule is CCOCCC(CCOCC)C(CCOCC)OCC. The predicted molar refractivity (Wildman–Crippen MR) is 82.2 cm³/mol. The maximum Gasteiger partial charge on any atom is 0.0626 e. The maximum atomic E-state index is 5.92. The van der Waals surface area contributed by atoms with Crippen molar-refractivity contribution >= 4 is 0 Å². The molecule has 0 rings (SSSR count). The fourth-order valence-corrected chi connectivity index (χ4v) is 2.29. The lowest BCUT2D eigenvalue weighted by atomic mass is 9.93.